The molecular formula is C14H10Cl5N. The van der Waals surface area contributed by atoms with Gasteiger partial charge >= 0.3 is 0 Å². The molecule has 0 bridgehead atoms. The Kier molecular flexibility index (Phi) is 5.12. The summed E-state index contributed by atoms with van der Waals surface area (Å²) in [6.45, 7) is 1.86. The van der Waals surface area contributed by atoms with Crippen LogP contribution in [-0.2, 0) is 0 Å². The van der Waals surface area contributed by atoms with E-state index < -0.39 is 0 Å². The van der Waals surface area contributed by atoms with Crippen LogP contribution in [0.3, 0.4) is 0 Å². The summed E-state index contributed by atoms with van der Waals surface area (Å²) in [5.41, 5.74) is 8.04. The van der Waals surface area contributed by atoms with Crippen molar-refractivity contribution < 1.29 is 0 Å². The van der Waals surface area contributed by atoms with Gasteiger partial charge in [0.15, 0.2) is 0 Å². The van der Waals surface area contributed by atoms with Gasteiger partial charge in [0.05, 0.1) is 20.1 Å². The molecule has 2 rings (SSSR count). The van der Waals surface area contributed by atoms with Crippen molar-refractivity contribution in [2.75, 3.05) is 0 Å². The van der Waals surface area contributed by atoms with Gasteiger partial charge in [-0.3, -0.25) is 0 Å². The first-order chi connectivity index (χ1) is 9.32. The molecule has 1 unspecified atom stereocenters. The van der Waals surface area contributed by atoms with Gasteiger partial charge in [0.2, 0.25) is 0 Å². The molecule has 1 atom stereocenters. The number of nitrogens with two attached hydrogens (primary N) is 1. The number of hydrogen-bond donors (Lipinski definition) is 1. The Balaban J connectivity index is 2.64. The topological polar surface area (TPSA) is 26.0 Å². The predicted octanol–water partition coefficient (Wildman–Crippen LogP) is 6.64. The minimum Gasteiger partial charge on any atom is -0.324 e. The monoisotopic (exact) mass is 367 g/mol. The van der Waals surface area contributed by atoms with E-state index in [2.05, 4.69) is 0 Å². The minimum absolute atomic E-state index is 0.156. The van der Waals surface area contributed by atoms with Crippen molar-refractivity contribution in [2.24, 2.45) is 5.73 Å². The second-order valence-electron chi connectivity index (χ2n) is 4.37. The van der Waals surface area contributed by atoms with E-state index >= 15 is 0 Å². The van der Waals surface area contributed by atoms with Crippen LogP contribution in [0.25, 0.3) is 11.1 Å². The van der Waals surface area contributed by atoms with Crippen LogP contribution >= 0.6 is 58.0 Å². The lowest BCUT2D eigenvalue weighted by Gasteiger charge is -2.13. The van der Waals surface area contributed by atoms with Crippen LogP contribution in [0.2, 0.25) is 25.1 Å². The fourth-order valence-corrected chi connectivity index (χ4v) is 3.37. The first kappa shape index (κ1) is 16.2. The van der Waals surface area contributed by atoms with Crippen LogP contribution < -0.4 is 5.73 Å². The molecule has 106 valence electrons. The molecule has 2 N–H and O–H groups in total. The molecule has 20 heavy (non-hydrogen) atoms. The van der Waals surface area contributed by atoms with E-state index in [-0.39, 0.29) is 11.1 Å². The van der Waals surface area contributed by atoms with Crippen LogP contribution in [0.15, 0.2) is 24.3 Å². The third kappa shape index (κ3) is 3.04. The first-order valence-electron chi connectivity index (χ1n) is 5.71. The third-order valence-electron chi connectivity index (χ3n) is 2.89. The molecule has 6 heteroatoms. The Bertz CT molecular complexity index is 667. The second kappa shape index (κ2) is 6.31. The largest absolute Gasteiger partial charge is 0.324 e. The highest BCUT2D eigenvalue weighted by Crippen LogP contribution is 2.43. The van der Waals surface area contributed by atoms with Crippen LogP contribution in [0.1, 0.15) is 18.5 Å². The SMILES string of the molecule is CC(N)c1ccc(-c2c(Cl)cc(Cl)c(Cl)c2Cl)cc1Cl. The highest BCUT2D eigenvalue weighted by molar-refractivity contribution is 6.51. The molecule has 2 aromatic carbocycles. The average Bonchev–Trinajstić information content (AvgIpc) is 2.36. The molecule has 2 aromatic rings. The molecule has 0 saturated heterocycles. The molecule has 0 amide bonds. The first-order valence-corrected chi connectivity index (χ1v) is 7.60. The predicted molar refractivity (Wildman–Crippen MR) is 89.5 cm³/mol. The quantitative estimate of drug-likeness (QED) is 0.466. The van der Waals surface area contributed by atoms with Gasteiger partial charge in [0.1, 0.15) is 0 Å². The smallest absolute Gasteiger partial charge is 0.0785 e. The molecule has 0 aliphatic rings. The maximum Gasteiger partial charge on any atom is 0.0785 e. The van der Waals surface area contributed by atoms with Crippen molar-refractivity contribution in [1.29, 1.82) is 0 Å². The summed E-state index contributed by atoms with van der Waals surface area (Å²) in [5, 5.41) is 1.84. The number of hydrogen-bond acceptors (Lipinski definition) is 1. The molecule has 0 aromatic heterocycles. The normalized spacial score (nSPS) is 12.6. The molecule has 0 heterocycles. The summed E-state index contributed by atoms with van der Waals surface area (Å²) in [4.78, 5) is 0. The van der Waals surface area contributed by atoms with E-state index in [1.807, 2.05) is 19.1 Å². The number of benzene rings is 2. The summed E-state index contributed by atoms with van der Waals surface area (Å²) in [6, 6.07) is 6.85. The van der Waals surface area contributed by atoms with Crippen LogP contribution in [0.4, 0.5) is 0 Å². The Morgan fingerprint density at radius 3 is 2.05 bits per heavy atom. The van der Waals surface area contributed by atoms with Crippen molar-refractivity contribution >= 4 is 58.0 Å². The van der Waals surface area contributed by atoms with Crippen LogP contribution in [0, 0.1) is 0 Å². The molecule has 0 radical (unpaired) electrons. The van der Waals surface area contributed by atoms with Crippen LogP contribution in [0.5, 0.6) is 0 Å². The molecule has 0 saturated carbocycles. The van der Waals surface area contributed by atoms with E-state index in [9.17, 15) is 0 Å². The van der Waals surface area contributed by atoms with E-state index in [4.69, 9.17) is 63.7 Å². The molecule has 1 nitrogen and oxygen atoms in total. The van der Waals surface area contributed by atoms with Gasteiger partial charge in [0, 0.05) is 16.6 Å². The molecular weight excluding hydrogens is 359 g/mol. The Morgan fingerprint density at radius 1 is 0.850 bits per heavy atom. The van der Waals surface area contributed by atoms with Crippen LogP contribution in [-0.4, -0.2) is 0 Å². The van der Waals surface area contributed by atoms with Gasteiger partial charge in [-0.15, -0.1) is 0 Å². The standard InChI is InChI=1S/C14H10Cl5N/c1-6(20)8-3-2-7(4-9(8)15)12-10(16)5-11(17)13(18)14(12)19/h2-6H,20H2,1H3. The average molecular weight is 370 g/mol. The van der Waals surface area contributed by atoms with E-state index in [1.54, 1.807) is 12.1 Å². The summed E-state index contributed by atoms with van der Waals surface area (Å²) < 4.78 is 0. The van der Waals surface area contributed by atoms with E-state index in [0.29, 0.717) is 25.7 Å². The molecule has 0 fully saturated rings. The lowest BCUT2D eigenvalue weighted by Crippen LogP contribution is -2.05. The Labute approximate surface area is 142 Å². The maximum atomic E-state index is 6.22. The summed E-state index contributed by atoms with van der Waals surface area (Å²) in [5.74, 6) is 0. The molecule has 0 aliphatic heterocycles. The molecule has 0 spiro atoms. The fraction of sp³-hybridized carbons (Fsp3) is 0.143. The lowest BCUT2D eigenvalue weighted by molar-refractivity contribution is 0.819. The van der Waals surface area contributed by atoms with Crippen molar-refractivity contribution in [3.05, 3.63) is 54.9 Å². The van der Waals surface area contributed by atoms with Gasteiger partial charge in [-0.05, 0) is 30.2 Å². The summed E-state index contributed by atoms with van der Waals surface area (Å²) >= 11 is 30.6. The van der Waals surface area contributed by atoms with Crippen molar-refractivity contribution in [3.63, 3.8) is 0 Å². The zero-order valence-electron chi connectivity index (χ0n) is 10.4. The number of halogens is 5. The van der Waals surface area contributed by atoms with Gasteiger partial charge in [-0.25, -0.2) is 0 Å². The third-order valence-corrected chi connectivity index (χ3v) is 4.78. The van der Waals surface area contributed by atoms with E-state index in [1.165, 1.54) is 0 Å². The second-order valence-corrected chi connectivity index (χ2v) is 6.35. The van der Waals surface area contributed by atoms with Gasteiger partial charge in [-0.2, -0.15) is 0 Å². The van der Waals surface area contributed by atoms with Crippen molar-refractivity contribution in [3.8, 4) is 11.1 Å². The van der Waals surface area contributed by atoms with Gasteiger partial charge in [-0.1, -0.05) is 70.1 Å². The fourth-order valence-electron chi connectivity index (χ4n) is 1.88. The zero-order valence-corrected chi connectivity index (χ0v) is 14.1. The van der Waals surface area contributed by atoms with Gasteiger partial charge < -0.3 is 5.73 Å². The minimum atomic E-state index is -0.156. The van der Waals surface area contributed by atoms with Crippen molar-refractivity contribution in [2.45, 2.75) is 13.0 Å². The highest BCUT2D eigenvalue weighted by Gasteiger charge is 2.16. The van der Waals surface area contributed by atoms with E-state index in [0.717, 1.165) is 11.1 Å². The highest BCUT2D eigenvalue weighted by atomic mass is 35.5. The maximum absolute atomic E-state index is 6.22. The molecule has 0 aliphatic carbocycles. The number of rotatable bonds is 2. The lowest BCUT2D eigenvalue weighted by atomic mass is 10.0. The summed E-state index contributed by atoms with van der Waals surface area (Å²) in [7, 11) is 0. The van der Waals surface area contributed by atoms with Crippen molar-refractivity contribution in [1.82, 2.24) is 0 Å². The zero-order chi connectivity index (χ0) is 15.0. The summed E-state index contributed by atoms with van der Waals surface area (Å²) in [6.07, 6.45) is 0. The Morgan fingerprint density at radius 2 is 1.50 bits per heavy atom. The Hall–Kier alpha value is -0.150. The van der Waals surface area contributed by atoms with Gasteiger partial charge in [0.25, 0.3) is 0 Å².